The van der Waals surface area contributed by atoms with Crippen LogP contribution in [-0.2, 0) is 9.47 Å². The number of ether oxygens (including phenoxy) is 2. The Hall–Kier alpha value is -1.98. The van der Waals surface area contributed by atoms with E-state index in [0.717, 1.165) is 0 Å². The lowest BCUT2D eigenvalue weighted by atomic mass is 9.39. The van der Waals surface area contributed by atoms with E-state index in [-0.39, 0.29) is 0 Å². The summed E-state index contributed by atoms with van der Waals surface area (Å²) in [6.45, 7) is 0. The van der Waals surface area contributed by atoms with Crippen LogP contribution in [0.4, 0.5) is 114 Å². The van der Waals surface area contributed by atoms with Crippen LogP contribution < -0.4 is 5.73 Å². The van der Waals surface area contributed by atoms with Crippen LogP contribution in [0.25, 0.3) is 0 Å². The topological polar surface area (TPSA) is 64.7 Å². The highest BCUT2D eigenvalue weighted by Gasteiger charge is 3.24. The van der Waals surface area contributed by atoms with Crippen LogP contribution in [0.15, 0.2) is 0 Å². The molecular formula is C16H3F26NO3. The Morgan fingerprint density at radius 2 is 0.652 bits per heavy atom. The van der Waals surface area contributed by atoms with Crippen molar-refractivity contribution in [3.05, 3.63) is 0 Å². The van der Waals surface area contributed by atoms with Gasteiger partial charge in [-0.3, -0.25) is 15.2 Å². The SMILES string of the molecule is NC(F)(C(F)(F)F)C(F)(F)OC12C(F)(F)C3(F)C(F)(F)C(F)(C1(F)F)C(F)(F)C(OC(F)(F)C(O)(F)C(F)(F)F)(C3(F)F)C2(F)F. The molecule has 3 N–H and O–H groups in total. The molecule has 46 heavy (non-hydrogen) atoms. The van der Waals surface area contributed by atoms with Gasteiger partial charge >= 0.3 is 83.1 Å². The molecule has 272 valence electrons. The van der Waals surface area contributed by atoms with Gasteiger partial charge in [0.1, 0.15) is 0 Å². The third-order valence-electron chi connectivity index (χ3n) is 7.41. The molecule has 0 heterocycles. The summed E-state index contributed by atoms with van der Waals surface area (Å²) in [5.74, 6) is -70.8. The Kier molecular flexibility index (Phi) is 6.89. The normalized spacial score (nSPS) is 39.9. The first-order chi connectivity index (χ1) is 19.4. The first kappa shape index (κ1) is 38.5. The Morgan fingerprint density at radius 1 is 0.391 bits per heavy atom. The van der Waals surface area contributed by atoms with Crippen LogP contribution in [-0.4, -0.2) is 99.4 Å². The zero-order chi connectivity index (χ0) is 37.4. The maximum absolute atomic E-state index is 15.5. The van der Waals surface area contributed by atoms with Gasteiger partial charge < -0.3 is 5.11 Å². The minimum absolute atomic E-state index is 1.40. The highest BCUT2D eigenvalue weighted by molar-refractivity contribution is 5.55. The zero-order valence-electron chi connectivity index (χ0n) is 19.7. The fraction of sp³-hybridized carbons (Fsp3) is 1.00. The van der Waals surface area contributed by atoms with Crippen molar-refractivity contribution in [3.63, 3.8) is 0 Å². The van der Waals surface area contributed by atoms with E-state index < -0.39 is 94.3 Å². The van der Waals surface area contributed by atoms with Crippen molar-refractivity contribution in [3.8, 4) is 0 Å². The lowest BCUT2D eigenvalue weighted by Gasteiger charge is -2.76. The number of rotatable bonds is 6. The van der Waals surface area contributed by atoms with Crippen molar-refractivity contribution in [1.29, 1.82) is 0 Å². The van der Waals surface area contributed by atoms with Crippen LogP contribution in [0.2, 0.25) is 0 Å². The summed E-state index contributed by atoms with van der Waals surface area (Å²) in [6.07, 6.45) is -32.9. The summed E-state index contributed by atoms with van der Waals surface area (Å²) in [6, 6.07) is 0. The molecule has 0 aliphatic heterocycles. The predicted molar refractivity (Wildman–Crippen MR) is 81.1 cm³/mol. The molecular weight excluding hydrogens is 748 g/mol. The molecule has 0 saturated heterocycles. The number of alkyl halides is 26. The second-order valence-corrected chi connectivity index (χ2v) is 9.69. The Balaban J connectivity index is 2.73. The number of hydrogen-bond donors (Lipinski definition) is 2. The van der Waals surface area contributed by atoms with E-state index in [1.165, 1.54) is 9.47 Å². The Labute approximate surface area is 230 Å². The van der Waals surface area contributed by atoms with Gasteiger partial charge in [0.05, 0.1) is 0 Å². The monoisotopic (exact) mass is 751 g/mol. The molecule has 4 aliphatic carbocycles. The van der Waals surface area contributed by atoms with Gasteiger partial charge in [0.25, 0.3) is 11.2 Å². The van der Waals surface area contributed by atoms with Gasteiger partial charge in [0, 0.05) is 0 Å². The highest BCUT2D eigenvalue weighted by Crippen LogP contribution is 2.89. The maximum atomic E-state index is 15.5. The van der Waals surface area contributed by atoms with Gasteiger partial charge in [0.2, 0.25) is 0 Å². The molecule has 0 amide bonds. The van der Waals surface area contributed by atoms with Crippen LogP contribution in [0.5, 0.6) is 0 Å². The molecule has 4 fully saturated rings. The molecule has 4 nitrogen and oxygen atoms in total. The van der Waals surface area contributed by atoms with E-state index in [1.807, 2.05) is 0 Å². The second-order valence-electron chi connectivity index (χ2n) is 9.69. The second kappa shape index (κ2) is 8.24. The molecule has 4 saturated carbocycles. The van der Waals surface area contributed by atoms with Crippen molar-refractivity contribution < 1.29 is 129 Å². The molecule has 4 aliphatic rings. The predicted octanol–water partition coefficient (Wildman–Crippen LogP) is 6.36. The molecule has 0 aromatic carbocycles. The van der Waals surface area contributed by atoms with Gasteiger partial charge in [-0.05, 0) is 0 Å². The summed E-state index contributed by atoms with van der Waals surface area (Å²) in [5.41, 5.74) is -33.2. The average Bonchev–Trinajstić information content (AvgIpc) is 2.79. The molecule has 0 spiro atoms. The lowest BCUT2D eigenvalue weighted by molar-refractivity contribution is -0.657. The smallest absolute Gasteiger partial charge is 0.348 e. The highest BCUT2D eigenvalue weighted by atomic mass is 19.4. The summed E-state index contributed by atoms with van der Waals surface area (Å²) >= 11 is 0. The van der Waals surface area contributed by atoms with Crippen LogP contribution in [0, 0.1) is 0 Å². The first-order valence-electron chi connectivity index (χ1n) is 10.2. The third-order valence-corrected chi connectivity index (χ3v) is 7.41. The van der Waals surface area contributed by atoms with Gasteiger partial charge in [-0.1, -0.05) is 0 Å². The Bertz CT molecular complexity index is 1170. The van der Waals surface area contributed by atoms with Crippen molar-refractivity contribution in [2.75, 3.05) is 0 Å². The van der Waals surface area contributed by atoms with E-state index in [2.05, 4.69) is 5.73 Å². The largest absolute Gasteiger partial charge is 0.457 e. The number of halogens is 26. The fourth-order valence-corrected chi connectivity index (χ4v) is 5.06. The molecule has 0 radical (unpaired) electrons. The van der Waals surface area contributed by atoms with Gasteiger partial charge in [-0.25, -0.2) is 13.2 Å². The zero-order valence-corrected chi connectivity index (χ0v) is 19.7. The Morgan fingerprint density at radius 3 is 0.891 bits per heavy atom. The van der Waals surface area contributed by atoms with Crippen LogP contribution >= 0.6 is 0 Å². The van der Waals surface area contributed by atoms with Crippen molar-refractivity contribution in [1.82, 2.24) is 0 Å². The van der Waals surface area contributed by atoms with Crippen LogP contribution in [0.1, 0.15) is 0 Å². The summed E-state index contributed by atoms with van der Waals surface area (Å²) < 4.78 is 374. The molecule has 30 heteroatoms. The van der Waals surface area contributed by atoms with Crippen molar-refractivity contribution >= 4 is 0 Å². The number of hydrogen-bond acceptors (Lipinski definition) is 4. The molecule has 4 bridgehead atoms. The summed E-state index contributed by atoms with van der Waals surface area (Å²) in [4.78, 5) is 0. The summed E-state index contributed by atoms with van der Waals surface area (Å²) in [5, 5.41) is 8.30. The van der Waals surface area contributed by atoms with Crippen molar-refractivity contribution in [2.24, 2.45) is 5.73 Å². The fourth-order valence-electron chi connectivity index (χ4n) is 5.06. The van der Waals surface area contributed by atoms with E-state index >= 15 is 52.7 Å². The van der Waals surface area contributed by atoms with Crippen molar-refractivity contribution in [2.45, 2.75) is 94.3 Å². The maximum Gasteiger partial charge on any atom is 0.457 e. The standard InChI is InChI=1S/C16H3F26NO3/c17-1-5(19,20)2(18)7(23,24)3(6(1,21)22,45-15(39,40)11(31,43)13(33,34)35)10(29,30)4(8(1,25)26,9(2,27)28)46-16(41,42)12(32,44)14(36,37)38/h44H,43H2. The van der Waals surface area contributed by atoms with Gasteiger partial charge in [-0.2, -0.15) is 101 Å². The molecule has 0 aromatic heterocycles. The number of nitrogens with two attached hydrogens (primary N) is 1. The summed E-state index contributed by atoms with van der Waals surface area (Å²) in [7, 11) is 0. The van der Waals surface area contributed by atoms with Crippen LogP contribution in [0.3, 0.4) is 0 Å². The first-order valence-corrected chi connectivity index (χ1v) is 10.2. The minimum Gasteiger partial charge on any atom is -0.348 e. The number of aliphatic hydroxyl groups is 1. The minimum atomic E-state index is -9.40. The molecule has 4 unspecified atom stereocenters. The van der Waals surface area contributed by atoms with Gasteiger partial charge in [-0.15, -0.1) is 0 Å². The molecule has 0 aromatic rings. The van der Waals surface area contributed by atoms with E-state index in [4.69, 9.17) is 5.11 Å². The van der Waals surface area contributed by atoms with E-state index in [0.29, 0.717) is 0 Å². The molecule has 4 rings (SSSR count). The van der Waals surface area contributed by atoms with E-state index in [9.17, 15) is 61.5 Å². The lowest BCUT2D eigenvalue weighted by Crippen LogP contribution is -3.11. The average molecular weight is 751 g/mol. The van der Waals surface area contributed by atoms with E-state index in [1.54, 1.807) is 0 Å². The van der Waals surface area contributed by atoms with Gasteiger partial charge in [0.15, 0.2) is 0 Å². The third kappa shape index (κ3) is 2.98. The molecule has 4 atom stereocenters. The quantitative estimate of drug-likeness (QED) is 0.245.